The second kappa shape index (κ2) is 9.43. The number of benzene rings is 2. The number of aromatic nitrogens is 4. The van der Waals surface area contributed by atoms with Gasteiger partial charge < -0.3 is 9.30 Å². The summed E-state index contributed by atoms with van der Waals surface area (Å²) in [4.78, 5) is 4.67. The summed E-state index contributed by atoms with van der Waals surface area (Å²) in [7, 11) is 0. The Morgan fingerprint density at radius 1 is 1.07 bits per heavy atom. The van der Waals surface area contributed by atoms with Crippen LogP contribution in [0.1, 0.15) is 17.6 Å². The summed E-state index contributed by atoms with van der Waals surface area (Å²) in [6.07, 6.45) is 0. The van der Waals surface area contributed by atoms with Crippen molar-refractivity contribution in [2.75, 3.05) is 0 Å². The fourth-order valence-electron chi connectivity index (χ4n) is 2.78. The monoisotopic (exact) mass is 442 g/mol. The van der Waals surface area contributed by atoms with Crippen LogP contribution in [0.25, 0.3) is 11.4 Å². The van der Waals surface area contributed by atoms with Gasteiger partial charge in [-0.3, -0.25) is 0 Å². The molecule has 0 aliphatic rings. The van der Waals surface area contributed by atoms with Crippen molar-refractivity contribution < 1.29 is 4.74 Å². The van der Waals surface area contributed by atoms with Crippen molar-refractivity contribution >= 4 is 34.7 Å². The van der Waals surface area contributed by atoms with Crippen LogP contribution >= 0.6 is 34.7 Å². The van der Waals surface area contributed by atoms with Crippen molar-refractivity contribution in [1.29, 1.82) is 0 Å². The standard InChI is InChI=1S/C21H19ClN4OS2/c1-2-26-20(15-6-4-3-5-7-15)24-25-21(26)29-14-17-13-28-19(23-17)12-27-18-10-8-16(22)9-11-18/h3-11,13H,2,12,14H2,1H3. The minimum absolute atomic E-state index is 0.445. The summed E-state index contributed by atoms with van der Waals surface area (Å²) < 4.78 is 7.90. The molecule has 0 amide bonds. The average Bonchev–Trinajstić information content (AvgIpc) is 3.39. The molecular formula is C21H19ClN4OS2. The van der Waals surface area contributed by atoms with Gasteiger partial charge in [0.25, 0.3) is 0 Å². The van der Waals surface area contributed by atoms with Gasteiger partial charge in [0, 0.05) is 28.3 Å². The highest BCUT2D eigenvalue weighted by atomic mass is 35.5. The lowest BCUT2D eigenvalue weighted by molar-refractivity contribution is 0.305. The largest absolute Gasteiger partial charge is 0.486 e. The molecule has 0 radical (unpaired) electrons. The van der Waals surface area contributed by atoms with Crippen molar-refractivity contribution in [2.45, 2.75) is 31.0 Å². The van der Waals surface area contributed by atoms with Crippen LogP contribution in [0.4, 0.5) is 0 Å². The highest BCUT2D eigenvalue weighted by Gasteiger charge is 2.14. The van der Waals surface area contributed by atoms with Crippen LogP contribution in [-0.4, -0.2) is 19.7 Å². The molecule has 0 unspecified atom stereocenters. The third kappa shape index (κ3) is 4.98. The van der Waals surface area contributed by atoms with Crippen LogP contribution in [0.3, 0.4) is 0 Å². The molecule has 4 rings (SSSR count). The molecule has 2 heterocycles. The highest BCUT2D eigenvalue weighted by Crippen LogP contribution is 2.27. The number of ether oxygens (including phenoxy) is 1. The maximum atomic E-state index is 5.90. The second-order valence-electron chi connectivity index (χ2n) is 6.18. The first kappa shape index (κ1) is 19.9. The van der Waals surface area contributed by atoms with Gasteiger partial charge in [0.1, 0.15) is 17.4 Å². The highest BCUT2D eigenvalue weighted by molar-refractivity contribution is 7.98. The third-order valence-corrected chi connectivity index (χ3v) is 6.31. The number of hydrogen-bond acceptors (Lipinski definition) is 6. The van der Waals surface area contributed by atoms with Gasteiger partial charge in [-0.1, -0.05) is 53.7 Å². The number of thioether (sulfide) groups is 1. The van der Waals surface area contributed by atoms with E-state index in [1.807, 2.05) is 42.5 Å². The Morgan fingerprint density at radius 2 is 1.86 bits per heavy atom. The Kier molecular flexibility index (Phi) is 6.49. The van der Waals surface area contributed by atoms with E-state index in [1.165, 1.54) is 0 Å². The lowest BCUT2D eigenvalue weighted by atomic mass is 10.2. The fourth-order valence-corrected chi connectivity index (χ4v) is 4.61. The molecule has 8 heteroatoms. The zero-order chi connectivity index (χ0) is 20.1. The first-order chi connectivity index (χ1) is 14.2. The number of rotatable bonds is 8. The van der Waals surface area contributed by atoms with Crippen molar-refractivity contribution in [3.05, 3.63) is 75.7 Å². The number of thiazole rings is 1. The quantitative estimate of drug-likeness (QED) is 0.316. The lowest BCUT2D eigenvalue weighted by Gasteiger charge is -2.06. The SMILES string of the molecule is CCn1c(SCc2csc(COc3ccc(Cl)cc3)n2)nnc1-c1ccccc1. The number of hydrogen-bond donors (Lipinski definition) is 0. The summed E-state index contributed by atoms with van der Waals surface area (Å²) in [5.74, 6) is 2.42. The van der Waals surface area contributed by atoms with Crippen molar-refractivity contribution in [1.82, 2.24) is 19.7 Å². The summed E-state index contributed by atoms with van der Waals surface area (Å²) in [5, 5.41) is 13.4. The number of halogens is 1. The third-order valence-electron chi connectivity index (χ3n) is 4.19. The van der Waals surface area contributed by atoms with Gasteiger partial charge in [-0.25, -0.2) is 4.98 Å². The molecule has 2 aromatic heterocycles. The molecular weight excluding hydrogens is 424 g/mol. The van der Waals surface area contributed by atoms with Crippen LogP contribution in [-0.2, 0) is 18.9 Å². The minimum atomic E-state index is 0.445. The van der Waals surface area contributed by atoms with E-state index in [9.17, 15) is 0 Å². The van der Waals surface area contributed by atoms with Crippen LogP contribution in [0.15, 0.2) is 65.1 Å². The predicted octanol–water partition coefficient (Wildman–Crippen LogP) is 5.95. The Hall–Kier alpha value is -2.35. The molecule has 0 aliphatic carbocycles. The summed E-state index contributed by atoms with van der Waals surface area (Å²) in [6.45, 7) is 3.37. The van der Waals surface area contributed by atoms with Gasteiger partial charge in [0.2, 0.25) is 0 Å². The summed E-state index contributed by atoms with van der Waals surface area (Å²) in [5.41, 5.74) is 2.09. The van der Waals surface area contributed by atoms with Crippen LogP contribution in [0, 0.1) is 0 Å². The first-order valence-electron chi connectivity index (χ1n) is 9.16. The Morgan fingerprint density at radius 3 is 2.62 bits per heavy atom. The maximum absolute atomic E-state index is 5.90. The van der Waals surface area contributed by atoms with Crippen molar-refractivity contribution in [2.24, 2.45) is 0 Å². The minimum Gasteiger partial charge on any atom is -0.486 e. The average molecular weight is 443 g/mol. The van der Waals surface area contributed by atoms with E-state index in [0.717, 1.165) is 45.3 Å². The van der Waals surface area contributed by atoms with Crippen molar-refractivity contribution in [3.8, 4) is 17.1 Å². The van der Waals surface area contributed by atoms with E-state index in [4.69, 9.17) is 16.3 Å². The zero-order valence-corrected chi connectivity index (χ0v) is 18.2. The molecule has 0 N–H and O–H groups in total. The molecule has 0 atom stereocenters. The van der Waals surface area contributed by atoms with E-state index in [-0.39, 0.29) is 0 Å². The van der Waals surface area contributed by atoms with E-state index >= 15 is 0 Å². The summed E-state index contributed by atoms with van der Waals surface area (Å²) >= 11 is 9.14. The predicted molar refractivity (Wildman–Crippen MR) is 119 cm³/mol. The van der Waals surface area contributed by atoms with E-state index < -0.39 is 0 Å². The molecule has 0 aliphatic heterocycles. The molecule has 4 aromatic rings. The lowest BCUT2D eigenvalue weighted by Crippen LogP contribution is -2.00. The van der Waals surface area contributed by atoms with Crippen LogP contribution in [0.5, 0.6) is 5.75 Å². The molecule has 29 heavy (non-hydrogen) atoms. The van der Waals surface area contributed by atoms with Crippen LogP contribution in [0.2, 0.25) is 5.02 Å². The molecule has 0 spiro atoms. The second-order valence-corrected chi connectivity index (χ2v) is 8.50. The van der Waals surface area contributed by atoms with Crippen LogP contribution < -0.4 is 4.74 Å². The smallest absolute Gasteiger partial charge is 0.191 e. The Bertz CT molecular complexity index is 1060. The van der Waals surface area contributed by atoms with Gasteiger partial charge in [-0.2, -0.15) is 0 Å². The normalized spacial score (nSPS) is 11.0. The molecule has 0 fully saturated rings. The zero-order valence-electron chi connectivity index (χ0n) is 15.8. The topological polar surface area (TPSA) is 52.8 Å². The molecule has 5 nitrogen and oxygen atoms in total. The van der Waals surface area contributed by atoms with E-state index in [2.05, 4.69) is 44.2 Å². The van der Waals surface area contributed by atoms with E-state index in [1.54, 1.807) is 23.1 Å². The maximum Gasteiger partial charge on any atom is 0.191 e. The molecule has 0 saturated carbocycles. The van der Waals surface area contributed by atoms with Crippen molar-refractivity contribution in [3.63, 3.8) is 0 Å². The van der Waals surface area contributed by atoms with Gasteiger partial charge in [-0.15, -0.1) is 21.5 Å². The molecule has 148 valence electrons. The summed E-state index contributed by atoms with van der Waals surface area (Å²) in [6, 6.07) is 17.5. The number of nitrogens with zero attached hydrogens (tertiary/aromatic N) is 4. The van der Waals surface area contributed by atoms with Gasteiger partial charge in [0.15, 0.2) is 11.0 Å². The molecule has 0 bridgehead atoms. The molecule has 0 saturated heterocycles. The van der Waals surface area contributed by atoms with Gasteiger partial charge in [0.05, 0.1) is 5.69 Å². The van der Waals surface area contributed by atoms with Gasteiger partial charge in [-0.05, 0) is 31.2 Å². The Labute approximate surface area is 182 Å². The first-order valence-corrected chi connectivity index (χ1v) is 11.4. The fraction of sp³-hybridized carbons (Fsp3) is 0.190. The Balaban J connectivity index is 1.37. The van der Waals surface area contributed by atoms with Gasteiger partial charge >= 0.3 is 0 Å². The van der Waals surface area contributed by atoms with E-state index in [0.29, 0.717) is 11.6 Å². The molecule has 2 aromatic carbocycles.